The van der Waals surface area contributed by atoms with Crippen LogP contribution in [0.3, 0.4) is 0 Å². The van der Waals surface area contributed by atoms with Crippen molar-refractivity contribution in [3.8, 4) is 0 Å². The highest BCUT2D eigenvalue weighted by molar-refractivity contribution is 8.18. The normalized spacial score (nSPS) is 17.9. The van der Waals surface area contributed by atoms with Crippen molar-refractivity contribution in [1.29, 1.82) is 0 Å². The summed E-state index contributed by atoms with van der Waals surface area (Å²) in [7, 11) is 0. The number of carbonyl (C=O) groups is 3. The number of carbonyl (C=O) groups excluding carboxylic acids is 3. The molecular formula is C23H22FN3O3S. The molecule has 160 valence electrons. The molecule has 2 aliphatic rings. The molecule has 1 atom stereocenters. The van der Waals surface area contributed by atoms with Crippen LogP contribution in [-0.4, -0.2) is 47.6 Å². The molecule has 2 heterocycles. The lowest BCUT2D eigenvalue weighted by Gasteiger charge is -2.26. The highest BCUT2D eigenvalue weighted by Gasteiger charge is 2.35. The second-order valence-corrected chi connectivity index (χ2v) is 8.39. The Hall–Kier alpha value is -3.13. The topological polar surface area (TPSA) is 69.7 Å². The molecule has 3 amide bonds. The first kappa shape index (κ1) is 21.1. The molecule has 2 aliphatic heterocycles. The van der Waals surface area contributed by atoms with Gasteiger partial charge in [0.05, 0.1) is 4.91 Å². The molecule has 0 saturated carbocycles. The summed E-state index contributed by atoms with van der Waals surface area (Å²) in [6, 6.07) is 13.7. The molecule has 4 rings (SSSR count). The first-order chi connectivity index (χ1) is 15.0. The van der Waals surface area contributed by atoms with Gasteiger partial charge in [-0.05, 0) is 48.9 Å². The van der Waals surface area contributed by atoms with Crippen LogP contribution >= 0.6 is 11.8 Å². The van der Waals surface area contributed by atoms with E-state index < -0.39 is 17.0 Å². The van der Waals surface area contributed by atoms with E-state index in [0.717, 1.165) is 35.3 Å². The van der Waals surface area contributed by atoms with Crippen LogP contribution in [0.1, 0.15) is 18.1 Å². The van der Waals surface area contributed by atoms with Crippen LogP contribution in [0.25, 0.3) is 6.08 Å². The molecular weight excluding hydrogens is 417 g/mol. The summed E-state index contributed by atoms with van der Waals surface area (Å²) in [4.78, 5) is 40.7. The van der Waals surface area contributed by atoms with E-state index in [1.165, 1.54) is 17.7 Å². The molecule has 0 bridgehead atoms. The second kappa shape index (κ2) is 8.93. The van der Waals surface area contributed by atoms with Crippen LogP contribution in [0.5, 0.6) is 0 Å². The van der Waals surface area contributed by atoms with Crippen LogP contribution in [0.2, 0.25) is 0 Å². The summed E-state index contributed by atoms with van der Waals surface area (Å²) in [5.74, 6) is -1.10. The molecule has 31 heavy (non-hydrogen) atoms. The van der Waals surface area contributed by atoms with Gasteiger partial charge in [-0.15, -0.1) is 0 Å². The fourth-order valence-electron chi connectivity index (χ4n) is 3.77. The van der Waals surface area contributed by atoms with Gasteiger partial charge in [0.2, 0.25) is 5.91 Å². The first-order valence-electron chi connectivity index (χ1n) is 10.1. The number of para-hydroxylation sites is 1. The quantitative estimate of drug-likeness (QED) is 0.699. The average molecular weight is 440 g/mol. The van der Waals surface area contributed by atoms with Crippen LogP contribution in [-0.2, 0) is 16.0 Å². The Morgan fingerprint density at radius 2 is 1.94 bits per heavy atom. The number of benzene rings is 2. The number of rotatable bonds is 6. The molecule has 1 N–H and O–H groups in total. The molecule has 0 unspecified atom stereocenters. The Bertz CT molecular complexity index is 1070. The Morgan fingerprint density at radius 1 is 1.19 bits per heavy atom. The van der Waals surface area contributed by atoms with Gasteiger partial charge in [0.25, 0.3) is 11.1 Å². The van der Waals surface area contributed by atoms with Crippen LogP contribution in [0.15, 0.2) is 53.4 Å². The van der Waals surface area contributed by atoms with Gasteiger partial charge in [0.15, 0.2) is 0 Å². The zero-order valence-electron chi connectivity index (χ0n) is 17.0. The molecule has 1 fully saturated rings. The van der Waals surface area contributed by atoms with Gasteiger partial charge in [-0.25, -0.2) is 4.39 Å². The van der Waals surface area contributed by atoms with Gasteiger partial charge in [-0.1, -0.05) is 36.4 Å². The fourth-order valence-corrected chi connectivity index (χ4v) is 4.63. The predicted octanol–water partition coefficient (Wildman–Crippen LogP) is 3.43. The van der Waals surface area contributed by atoms with Crippen LogP contribution in [0, 0.1) is 5.82 Å². The van der Waals surface area contributed by atoms with E-state index in [2.05, 4.69) is 16.3 Å². The zero-order chi connectivity index (χ0) is 22.0. The van der Waals surface area contributed by atoms with Gasteiger partial charge < -0.3 is 10.2 Å². The van der Waals surface area contributed by atoms with Crippen molar-refractivity contribution in [2.24, 2.45) is 0 Å². The minimum Gasteiger partial charge on any atom is -0.359 e. The Balaban J connectivity index is 1.33. The van der Waals surface area contributed by atoms with Gasteiger partial charge >= 0.3 is 0 Å². The Kier molecular flexibility index (Phi) is 6.08. The SMILES string of the molecule is C[C@@H](C(=O)NCCN1C(=O)S/C(=C\c2ccccc2F)C1=O)N1CCc2ccccc21. The van der Waals surface area contributed by atoms with E-state index in [9.17, 15) is 18.8 Å². The van der Waals surface area contributed by atoms with Crippen molar-refractivity contribution in [2.75, 3.05) is 24.5 Å². The van der Waals surface area contributed by atoms with Crippen molar-refractivity contribution in [3.05, 3.63) is 70.4 Å². The van der Waals surface area contributed by atoms with Crippen molar-refractivity contribution < 1.29 is 18.8 Å². The largest absolute Gasteiger partial charge is 0.359 e. The Morgan fingerprint density at radius 3 is 2.74 bits per heavy atom. The van der Waals surface area contributed by atoms with E-state index in [4.69, 9.17) is 0 Å². The number of fused-ring (bicyclic) bond motifs is 1. The standard InChI is InChI=1S/C23H22FN3O3S/c1-15(26-12-10-16-6-3-5-9-19(16)26)21(28)25-11-13-27-22(29)20(31-23(27)30)14-17-7-2-4-8-18(17)24/h2-9,14-15H,10-13H2,1H3,(H,25,28)/b20-14-/t15-/m0/s1. The summed E-state index contributed by atoms with van der Waals surface area (Å²) in [6.45, 7) is 2.84. The molecule has 2 aromatic carbocycles. The molecule has 1 saturated heterocycles. The fraction of sp³-hybridized carbons (Fsp3) is 0.261. The summed E-state index contributed by atoms with van der Waals surface area (Å²) in [5, 5.41) is 2.39. The van der Waals surface area contributed by atoms with Crippen molar-refractivity contribution in [2.45, 2.75) is 19.4 Å². The van der Waals surface area contributed by atoms with E-state index >= 15 is 0 Å². The Labute approximate surface area is 184 Å². The lowest BCUT2D eigenvalue weighted by atomic mass is 10.1. The number of nitrogens with zero attached hydrogens (tertiary/aromatic N) is 2. The predicted molar refractivity (Wildman–Crippen MR) is 119 cm³/mol. The van der Waals surface area contributed by atoms with E-state index in [1.807, 2.05) is 25.1 Å². The monoisotopic (exact) mass is 439 g/mol. The van der Waals surface area contributed by atoms with E-state index in [0.29, 0.717) is 0 Å². The van der Waals surface area contributed by atoms with E-state index in [-0.39, 0.29) is 35.5 Å². The lowest BCUT2D eigenvalue weighted by Crippen LogP contribution is -2.46. The number of thioether (sulfide) groups is 1. The van der Waals surface area contributed by atoms with E-state index in [1.54, 1.807) is 18.2 Å². The third-order valence-corrected chi connectivity index (χ3v) is 6.38. The molecule has 0 spiro atoms. The number of amides is 3. The van der Waals surface area contributed by atoms with Crippen molar-refractivity contribution >= 4 is 40.6 Å². The average Bonchev–Trinajstić information content (AvgIpc) is 3.31. The molecule has 6 nitrogen and oxygen atoms in total. The van der Waals surface area contributed by atoms with Gasteiger partial charge in [0.1, 0.15) is 11.9 Å². The first-order valence-corrected chi connectivity index (χ1v) is 10.9. The second-order valence-electron chi connectivity index (χ2n) is 7.39. The summed E-state index contributed by atoms with van der Waals surface area (Å²) in [6.07, 6.45) is 2.28. The highest BCUT2D eigenvalue weighted by atomic mass is 32.2. The van der Waals surface area contributed by atoms with Crippen molar-refractivity contribution in [1.82, 2.24) is 10.2 Å². The smallest absolute Gasteiger partial charge is 0.293 e. The number of anilines is 1. The molecule has 2 aromatic rings. The molecule has 0 radical (unpaired) electrons. The molecule has 0 aliphatic carbocycles. The third kappa shape index (κ3) is 4.34. The number of hydrogen-bond donors (Lipinski definition) is 1. The maximum absolute atomic E-state index is 13.8. The van der Waals surface area contributed by atoms with Crippen molar-refractivity contribution in [3.63, 3.8) is 0 Å². The molecule has 8 heteroatoms. The minimum atomic E-state index is -0.478. The minimum absolute atomic E-state index is 0.0638. The maximum atomic E-state index is 13.8. The van der Waals surface area contributed by atoms with Gasteiger partial charge in [-0.3, -0.25) is 19.3 Å². The highest BCUT2D eigenvalue weighted by Crippen LogP contribution is 2.32. The zero-order valence-corrected chi connectivity index (χ0v) is 17.8. The molecule has 0 aromatic heterocycles. The summed E-state index contributed by atoms with van der Waals surface area (Å²) in [5.41, 5.74) is 2.54. The van der Waals surface area contributed by atoms with Crippen LogP contribution in [0.4, 0.5) is 14.9 Å². The number of hydrogen-bond acceptors (Lipinski definition) is 5. The van der Waals surface area contributed by atoms with Gasteiger partial charge in [-0.2, -0.15) is 0 Å². The summed E-state index contributed by atoms with van der Waals surface area (Å²) >= 11 is 0.774. The number of halogens is 1. The number of nitrogens with one attached hydrogen (secondary N) is 1. The number of imide groups is 1. The third-order valence-electron chi connectivity index (χ3n) is 5.47. The van der Waals surface area contributed by atoms with Gasteiger partial charge in [0, 0.05) is 30.9 Å². The lowest BCUT2D eigenvalue weighted by molar-refractivity contribution is -0.124. The maximum Gasteiger partial charge on any atom is 0.293 e. The summed E-state index contributed by atoms with van der Waals surface area (Å²) < 4.78 is 13.8. The van der Waals surface area contributed by atoms with Crippen LogP contribution < -0.4 is 10.2 Å².